The van der Waals surface area contributed by atoms with Crippen molar-refractivity contribution in [2.45, 2.75) is 88.6 Å². The predicted molar refractivity (Wildman–Crippen MR) is 106 cm³/mol. The molecule has 5 unspecified atom stereocenters. The Bertz CT molecular complexity index is 494. The molecule has 0 bridgehead atoms. The first kappa shape index (κ1) is 18.6. The van der Waals surface area contributed by atoms with E-state index >= 15 is 0 Å². The molecule has 0 aliphatic heterocycles. The number of ether oxygens (including phenoxy) is 1. The molecule has 0 radical (unpaired) electrons. The summed E-state index contributed by atoms with van der Waals surface area (Å²) in [4.78, 5) is 0. The van der Waals surface area contributed by atoms with Gasteiger partial charge in [-0.25, -0.2) is 0 Å². The van der Waals surface area contributed by atoms with Gasteiger partial charge in [0.15, 0.2) is 0 Å². The normalized spacial score (nSPS) is 53.6. The number of methoxy groups -OCH3 is 1. The molecular formula is C22H38O2S. The highest BCUT2D eigenvalue weighted by Crippen LogP contribution is 2.67. The fraction of sp³-hybridized carbons (Fsp3) is 1.00. The lowest BCUT2D eigenvalue weighted by Gasteiger charge is -2.61. The van der Waals surface area contributed by atoms with Gasteiger partial charge in [-0.2, -0.15) is 11.8 Å². The fourth-order valence-electron chi connectivity index (χ4n) is 8.14. The van der Waals surface area contributed by atoms with Gasteiger partial charge in [-0.3, -0.25) is 0 Å². The number of fused-ring (bicyclic) bond motifs is 5. The zero-order chi connectivity index (χ0) is 17.8. The van der Waals surface area contributed by atoms with Crippen LogP contribution in [0.15, 0.2) is 0 Å². The third-order valence-electron chi connectivity index (χ3n) is 9.40. The lowest BCUT2D eigenvalue weighted by atomic mass is 9.46. The molecule has 9 atom stereocenters. The van der Waals surface area contributed by atoms with Crippen LogP contribution in [0.25, 0.3) is 0 Å². The molecule has 4 aliphatic carbocycles. The summed E-state index contributed by atoms with van der Waals surface area (Å²) in [5.41, 5.74) is 0.547. The Labute approximate surface area is 158 Å². The highest BCUT2D eigenvalue weighted by atomic mass is 32.2. The van der Waals surface area contributed by atoms with Crippen LogP contribution in [0.3, 0.4) is 0 Å². The maximum absolute atomic E-state index is 10.5. The van der Waals surface area contributed by atoms with E-state index in [-0.39, 0.29) is 6.10 Å². The predicted octanol–water partition coefficient (Wildman–Crippen LogP) is 5.14. The van der Waals surface area contributed by atoms with Gasteiger partial charge in [-0.15, -0.1) is 0 Å². The van der Waals surface area contributed by atoms with E-state index in [2.05, 4.69) is 24.9 Å². The monoisotopic (exact) mass is 366 g/mol. The lowest BCUT2D eigenvalue weighted by Crippen LogP contribution is -2.56. The van der Waals surface area contributed by atoms with Crippen LogP contribution in [0, 0.1) is 35.0 Å². The van der Waals surface area contributed by atoms with Crippen molar-refractivity contribution >= 4 is 11.8 Å². The number of aliphatic hydroxyl groups is 1. The van der Waals surface area contributed by atoms with Crippen molar-refractivity contribution in [3.8, 4) is 0 Å². The minimum absolute atomic E-state index is 0.141. The van der Waals surface area contributed by atoms with Crippen LogP contribution >= 0.6 is 11.8 Å². The lowest BCUT2D eigenvalue weighted by molar-refractivity contribution is -0.111. The van der Waals surface area contributed by atoms with Crippen molar-refractivity contribution in [1.82, 2.24) is 0 Å². The first-order valence-corrected chi connectivity index (χ1v) is 11.9. The van der Waals surface area contributed by atoms with Crippen LogP contribution in [-0.4, -0.2) is 35.4 Å². The number of hydrogen-bond donors (Lipinski definition) is 1. The van der Waals surface area contributed by atoms with E-state index in [1.165, 1.54) is 57.8 Å². The number of rotatable bonds is 3. The molecule has 3 heteroatoms. The topological polar surface area (TPSA) is 29.5 Å². The van der Waals surface area contributed by atoms with Crippen molar-refractivity contribution in [1.29, 1.82) is 0 Å². The summed E-state index contributed by atoms with van der Waals surface area (Å²) in [5, 5.41) is 10.5. The molecule has 0 aromatic rings. The molecule has 144 valence electrons. The van der Waals surface area contributed by atoms with E-state index in [0.29, 0.717) is 22.2 Å². The Balaban J connectivity index is 1.60. The molecule has 4 saturated carbocycles. The SMILES string of the molecule is CO[C@H]1CC[C@@]2(C)C(CCC3C2CC[C@@]2(SC)C3CCC2[C@H](C)O)C1. The van der Waals surface area contributed by atoms with E-state index in [1.807, 2.05) is 14.0 Å². The van der Waals surface area contributed by atoms with Gasteiger partial charge in [0, 0.05) is 11.9 Å². The second-order valence-electron chi connectivity index (χ2n) is 9.91. The summed E-state index contributed by atoms with van der Waals surface area (Å²) in [5.74, 6) is 4.07. The maximum atomic E-state index is 10.5. The Morgan fingerprint density at radius 3 is 2.52 bits per heavy atom. The molecule has 2 nitrogen and oxygen atoms in total. The summed E-state index contributed by atoms with van der Waals surface area (Å²) in [6, 6.07) is 0. The van der Waals surface area contributed by atoms with Crippen molar-refractivity contribution in [2.24, 2.45) is 35.0 Å². The van der Waals surface area contributed by atoms with E-state index < -0.39 is 0 Å². The van der Waals surface area contributed by atoms with Crippen LogP contribution in [-0.2, 0) is 4.74 Å². The van der Waals surface area contributed by atoms with Gasteiger partial charge in [-0.1, -0.05) is 6.92 Å². The second-order valence-corrected chi connectivity index (χ2v) is 11.1. The third kappa shape index (κ3) is 2.66. The van der Waals surface area contributed by atoms with Crippen LogP contribution in [0.2, 0.25) is 0 Å². The fourth-order valence-corrected chi connectivity index (χ4v) is 9.68. The standard InChI is InChI=1S/C22H38O2S/c1-14(23)18-7-8-20-17-6-5-15-13-16(24-3)9-11-21(15,2)19(17)10-12-22(18,20)25-4/h14-20,23H,5-13H2,1-4H3/t14-,15?,16-,17?,18?,19?,20?,21-,22-/m0/s1. The molecule has 4 fully saturated rings. The molecular weight excluding hydrogens is 328 g/mol. The largest absolute Gasteiger partial charge is 0.393 e. The first-order chi connectivity index (χ1) is 12.0. The average molecular weight is 367 g/mol. The van der Waals surface area contributed by atoms with E-state index in [9.17, 15) is 5.11 Å². The molecule has 0 aromatic carbocycles. The minimum Gasteiger partial charge on any atom is -0.393 e. The number of thioether (sulfide) groups is 1. The van der Waals surface area contributed by atoms with Gasteiger partial charge >= 0.3 is 0 Å². The Hall–Kier alpha value is 0.270. The molecule has 0 aromatic heterocycles. The van der Waals surface area contributed by atoms with Gasteiger partial charge in [0.2, 0.25) is 0 Å². The van der Waals surface area contributed by atoms with E-state index in [4.69, 9.17) is 4.74 Å². The van der Waals surface area contributed by atoms with Crippen LogP contribution in [0.1, 0.15) is 71.6 Å². The molecule has 1 N–H and O–H groups in total. The van der Waals surface area contributed by atoms with Crippen molar-refractivity contribution < 1.29 is 9.84 Å². The molecule has 4 aliphatic rings. The van der Waals surface area contributed by atoms with Gasteiger partial charge in [0.1, 0.15) is 0 Å². The van der Waals surface area contributed by atoms with Crippen molar-refractivity contribution in [2.75, 3.05) is 13.4 Å². The van der Waals surface area contributed by atoms with Crippen LogP contribution in [0.4, 0.5) is 0 Å². The van der Waals surface area contributed by atoms with Gasteiger partial charge < -0.3 is 9.84 Å². The summed E-state index contributed by atoms with van der Waals surface area (Å²) in [6.07, 6.45) is 14.8. The molecule has 0 spiro atoms. The summed E-state index contributed by atoms with van der Waals surface area (Å²) in [7, 11) is 1.90. The summed E-state index contributed by atoms with van der Waals surface area (Å²) in [6.45, 7) is 4.68. The minimum atomic E-state index is -0.141. The maximum Gasteiger partial charge on any atom is 0.0574 e. The Kier molecular flexibility index (Phi) is 5.00. The third-order valence-corrected chi connectivity index (χ3v) is 11.0. The van der Waals surface area contributed by atoms with Gasteiger partial charge in [0.05, 0.1) is 12.2 Å². The number of aliphatic hydroxyl groups excluding tert-OH is 1. The Morgan fingerprint density at radius 1 is 1.04 bits per heavy atom. The van der Waals surface area contributed by atoms with E-state index in [1.54, 1.807) is 0 Å². The Morgan fingerprint density at radius 2 is 1.84 bits per heavy atom. The quantitative estimate of drug-likeness (QED) is 0.750. The van der Waals surface area contributed by atoms with Crippen LogP contribution in [0.5, 0.6) is 0 Å². The molecule has 25 heavy (non-hydrogen) atoms. The molecule has 0 saturated heterocycles. The van der Waals surface area contributed by atoms with E-state index in [0.717, 1.165) is 23.7 Å². The summed E-state index contributed by atoms with van der Waals surface area (Å²) >= 11 is 2.11. The zero-order valence-corrected chi connectivity index (χ0v) is 17.5. The molecule has 0 amide bonds. The van der Waals surface area contributed by atoms with Crippen molar-refractivity contribution in [3.05, 3.63) is 0 Å². The highest BCUT2D eigenvalue weighted by Gasteiger charge is 2.62. The highest BCUT2D eigenvalue weighted by molar-refractivity contribution is 8.00. The first-order valence-electron chi connectivity index (χ1n) is 10.7. The zero-order valence-electron chi connectivity index (χ0n) is 16.7. The van der Waals surface area contributed by atoms with Gasteiger partial charge in [-0.05, 0) is 106 Å². The average Bonchev–Trinajstić information content (AvgIpc) is 3.01. The number of hydrogen-bond acceptors (Lipinski definition) is 3. The van der Waals surface area contributed by atoms with Crippen LogP contribution < -0.4 is 0 Å². The molecule has 4 rings (SSSR count). The summed E-state index contributed by atoms with van der Waals surface area (Å²) < 4.78 is 6.10. The second kappa shape index (κ2) is 6.71. The van der Waals surface area contributed by atoms with Gasteiger partial charge in [0.25, 0.3) is 0 Å². The smallest absolute Gasteiger partial charge is 0.0574 e. The van der Waals surface area contributed by atoms with Crippen molar-refractivity contribution in [3.63, 3.8) is 0 Å². The molecule has 0 heterocycles.